The number of hydrogen-bond acceptors (Lipinski definition) is 3. The highest BCUT2D eigenvalue weighted by Crippen LogP contribution is 2.37. The number of aromatic nitrogens is 3. The molecule has 3 heterocycles. The second-order valence-corrected chi connectivity index (χ2v) is 7.61. The zero-order chi connectivity index (χ0) is 20.7. The van der Waals surface area contributed by atoms with Crippen LogP contribution in [0.25, 0.3) is 33.0 Å². The number of fused-ring (bicyclic) bond motifs is 2. The third-order valence-electron chi connectivity index (χ3n) is 5.70. The van der Waals surface area contributed by atoms with E-state index in [1.54, 1.807) is 0 Å². The molecule has 4 aromatic rings. The topological polar surface area (TPSA) is 79.8 Å². The Kier molecular flexibility index (Phi) is 4.47. The fourth-order valence-electron chi connectivity index (χ4n) is 4.26. The molecular weight excluding hydrogens is 376 g/mol. The maximum atomic E-state index is 12.9. The normalized spacial score (nSPS) is 14.3. The summed E-state index contributed by atoms with van der Waals surface area (Å²) in [5.41, 5.74) is 3.89. The molecule has 5 rings (SSSR count). The van der Waals surface area contributed by atoms with Gasteiger partial charge < -0.3 is 4.57 Å². The first kappa shape index (κ1) is 18.4. The summed E-state index contributed by atoms with van der Waals surface area (Å²) in [7, 11) is 0. The number of rotatable bonds is 6. The van der Waals surface area contributed by atoms with Crippen LogP contribution in [0.15, 0.2) is 54.7 Å². The van der Waals surface area contributed by atoms with Gasteiger partial charge in [-0.05, 0) is 18.6 Å². The lowest BCUT2D eigenvalue weighted by atomic mass is 9.97. The SMILES string of the molecule is CCCCCn1cc(C2=C(c3n[nH]c4ccccc34)C(=O)NC2=O)c2ccccc21. The molecule has 0 saturated heterocycles. The van der Waals surface area contributed by atoms with E-state index in [1.165, 1.54) is 0 Å². The van der Waals surface area contributed by atoms with Crippen molar-refractivity contribution >= 4 is 44.8 Å². The third-order valence-corrected chi connectivity index (χ3v) is 5.70. The number of carbonyl (C=O) groups excluding carboxylic acids is 2. The Balaban J connectivity index is 1.74. The van der Waals surface area contributed by atoms with Crippen molar-refractivity contribution in [1.82, 2.24) is 20.1 Å². The van der Waals surface area contributed by atoms with Crippen molar-refractivity contribution in [1.29, 1.82) is 0 Å². The van der Waals surface area contributed by atoms with Crippen LogP contribution in [0.2, 0.25) is 0 Å². The lowest BCUT2D eigenvalue weighted by Crippen LogP contribution is -2.22. The van der Waals surface area contributed by atoms with Gasteiger partial charge in [-0.3, -0.25) is 20.0 Å². The van der Waals surface area contributed by atoms with Crippen LogP contribution in [-0.4, -0.2) is 26.6 Å². The minimum Gasteiger partial charge on any atom is -0.347 e. The van der Waals surface area contributed by atoms with Gasteiger partial charge in [0.25, 0.3) is 11.8 Å². The minimum absolute atomic E-state index is 0.328. The summed E-state index contributed by atoms with van der Waals surface area (Å²) in [6.45, 7) is 3.05. The van der Waals surface area contributed by atoms with Gasteiger partial charge in [-0.2, -0.15) is 5.10 Å². The summed E-state index contributed by atoms with van der Waals surface area (Å²) >= 11 is 0. The van der Waals surface area contributed by atoms with Gasteiger partial charge in [0.15, 0.2) is 0 Å². The highest BCUT2D eigenvalue weighted by Gasteiger charge is 2.35. The third kappa shape index (κ3) is 2.84. The zero-order valence-corrected chi connectivity index (χ0v) is 16.7. The Morgan fingerprint density at radius 1 is 0.900 bits per heavy atom. The molecule has 150 valence electrons. The number of amides is 2. The molecule has 0 spiro atoms. The van der Waals surface area contributed by atoms with E-state index >= 15 is 0 Å². The van der Waals surface area contributed by atoms with E-state index in [4.69, 9.17) is 0 Å². The van der Waals surface area contributed by atoms with Gasteiger partial charge in [0.05, 0.1) is 16.7 Å². The van der Waals surface area contributed by atoms with Crippen molar-refractivity contribution in [2.75, 3.05) is 0 Å². The zero-order valence-electron chi connectivity index (χ0n) is 16.7. The van der Waals surface area contributed by atoms with Crippen LogP contribution in [0.5, 0.6) is 0 Å². The first-order chi connectivity index (χ1) is 14.7. The number of benzene rings is 2. The summed E-state index contributed by atoms with van der Waals surface area (Å²) < 4.78 is 2.18. The van der Waals surface area contributed by atoms with Crippen LogP contribution in [0.1, 0.15) is 37.4 Å². The molecule has 0 fully saturated rings. The first-order valence-corrected chi connectivity index (χ1v) is 10.3. The van der Waals surface area contributed by atoms with Crippen LogP contribution >= 0.6 is 0 Å². The van der Waals surface area contributed by atoms with E-state index in [0.29, 0.717) is 16.8 Å². The average Bonchev–Trinajstić information content (AvgIpc) is 3.41. The molecule has 0 radical (unpaired) electrons. The van der Waals surface area contributed by atoms with Crippen molar-refractivity contribution in [2.45, 2.75) is 32.7 Å². The van der Waals surface area contributed by atoms with Crippen molar-refractivity contribution in [3.05, 3.63) is 66.0 Å². The van der Waals surface area contributed by atoms with Crippen LogP contribution < -0.4 is 5.32 Å². The van der Waals surface area contributed by atoms with E-state index in [2.05, 4.69) is 33.1 Å². The Morgan fingerprint density at radius 3 is 2.47 bits per heavy atom. The number of hydrogen-bond donors (Lipinski definition) is 2. The predicted octanol–water partition coefficient (Wildman–Crippen LogP) is 4.28. The smallest absolute Gasteiger partial charge is 0.261 e. The Bertz CT molecular complexity index is 1330. The number of unbranched alkanes of at least 4 members (excludes halogenated alkanes) is 2. The van der Waals surface area contributed by atoms with E-state index in [-0.39, 0.29) is 5.91 Å². The Morgan fingerprint density at radius 2 is 1.63 bits per heavy atom. The maximum absolute atomic E-state index is 12.9. The standard InChI is InChI=1S/C24H22N4O2/c1-2-3-8-13-28-14-17(15-9-5-7-12-19(15)28)20-21(24(30)25-23(20)29)22-16-10-4-6-11-18(16)26-27-22/h4-7,9-12,14H,2-3,8,13H2,1H3,(H,26,27)(H,25,29,30). The fraction of sp³-hybridized carbons (Fsp3) is 0.208. The summed E-state index contributed by atoms with van der Waals surface area (Å²) in [5.74, 6) is -0.784. The van der Waals surface area contributed by atoms with Crippen LogP contribution in [0, 0.1) is 0 Å². The molecule has 2 aromatic carbocycles. The summed E-state index contributed by atoms with van der Waals surface area (Å²) in [6.07, 6.45) is 5.36. The molecule has 6 nitrogen and oxygen atoms in total. The van der Waals surface area contributed by atoms with Crippen LogP contribution in [-0.2, 0) is 16.1 Å². The second kappa shape index (κ2) is 7.30. The molecule has 0 aliphatic carbocycles. The molecule has 1 aliphatic heterocycles. The number of H-pyrrole nitrogens is 1. The summed E-state index contributed by atoms with van der Waals surface area (Å²) in [5, 5.41) is 11.6. The number of imide groups is 1. The Labute approximate surface area is 173 Å². The van der Waals surface area contributed by atoms with Gasteiger partial charge in [0, 0.05) is 34.6 Å². The van der Waals surface area contributed by atoms with E-state index < -0.39 is 5.91 Å². The number of nitrogens with one attached hydrogen (secondary N) is 2. The summed E-state index contributed by atoms with van der Waals surface area (Å²) in [6, 6.07) is 15.6. The molecule has 2 aromatic heterocycles. The number of para-hydroxylation sites is 2. The van der Waals surface area contributed by atoms with E-state index in [0.717, 1.165) is 53.2 Å². The number of aryl methyl sites for hydroxylation is 1. The number of nitrogens with zero attached hydrogens (tertiary/aromatic N) is 2. The maximum Gasteiger partial charge on any atom is 0.261 e. The highest BCUT2D eigenvalue weighted by molar-refractivity contribution is 6.50. The largest absolute Gasteiger partial charge is 0.347 e. The van der Waals surface area contributed by atoms with Crippen LogP contribution in [0.4, 0.5) is 0 Å². The number of aromatic amines is 1. The Hall–Kier alpha value is -3.67. The average molecular weight is 398 g/mol. The van der Waals surface area contributed by atoms with Crippen molar-refractivity contribution in [3.63, 3.8) is 0 Å². The number of carbonyl (C=O) groups is 2. The molecule has 1 aliphatic rings. The lowest BCUT2D eigenvalue weighted by molar-refractivity contribution is -0.122. The molecular formula is C24H22N4O2. The molecule has 2 amide bonds. The van der Waals surface area contributed by atoms with Gasteiger partial charge in [-0.15, -0.1) is 0 Å². The van der Waals surface area contributed by atoms with E-state index in [1.807, 2.05) is 48.7 Å². The molecule has 0 atom stereocenters. The van der Waals surface area contributed by atoms with Crippen molar-refractivity contribution in [2.24, 2.45) is 0 Å². The lowest BCUT2D eigenvalue weighted by Gasteiger charge is -2.03. The van der Waals surface area contributed by atoms with Gasteiger partial charge >= 0.3 is 0 Å². The van der Waals surface area contributed by atoms with Crippen molar-refractivity contribution < 1.29 is 9.59 Å². The molecule has 0 unspecified atom stereocenters. The minimum atomic E-state index is -0.407. The van der Waals surface area contributed by atoms with Gasteiger partial charge in [-0.1, -0.05) is 56.2 Å². The predicted molar refractivity (Wildman–Crippen MR) is 118 cm³/mol. The van der Waals surface area contributed by atoms with Gasteiger partial charge in [-0.25, -0.2) is 0 Å². The highest BCUT2D eigenvalue weighted by atomic mass is 16.2. The molecule has 6 heteroatoms. The first-order valence-electron chi connectivity index (χ1n) is 10.3. The van der Waals surface area contributed by atoms with Gasteiger partial charge in [0.1, 0.15) is 5.69 Å². The van der Waals surface area contributed by atoms with Gasteiger partial charge in [0.2, 0.25) is 0 Å². The molecule has 0 saturated carbocycles. The monoisotopic (exact) mass is 398 g/mol. The molecule has 2 N–H and O–H groups in total. The molecule has 0 bridgehead atoms. The quantitative estimate of drug-likeness (QED) is 0.376. The van der Waals surface area contributed by atoms with Crippen molar-refractivity contribution in [3.8, 4) is 0 Å². The fourth-order valence-corrected chi connectivity index (χ4v) is 4.26. The summed E-state index contributed by atoms with van der Waals surface area (Å²) in [4.78, 5) is 25.7. The van der Waals surface area contributed by atoms with Crippen LogP contribution in [0.3, 0.4) is 0 Å². The molecule has 30 heavy (non-hydrogen) atoms. The second-order valence-electron chi connectivity index (χ2n) is 7.61. The van der Waals surface area contributed by atoms with E-state index in [9.17, 15) is 9.59 Å².